The van der Waals surface area contributed by atoms with Crippen LogP contribution in [0.5, 0.6) is 0 Å². The molecule has 0 radical (unpaired) electrons. The van der Waals surface area contributed by atoms with E-state index in [0.717, 1.165) is 0 Å². The molecule has 0 aromatic carbocycles. The van der Waals surface area contributed by atoms with E-state index in [-0.39, 0.29) is 19.3 Å². The first-order chi connectivity index (χ1) is 4.70. The van der Waals surface area contributed by atoms with E-state index in [1.165, 1.54) is 0 Å². The smallest absolute Gasteiger partial charge is 0.0870 e. The van der Waals surface area contributed by atoms with Crippen molar-refractivity contribution in [3.8, 4) is 0 Å². The highest BCUT2D eigenvalue weighted by atomic mass is 79.9. The van der Waals surface area contributed by atoms with Gasteiger partial charge in [0, 0.05) is 5.33 Å². The van der Waals surface area contributed by atoms with E-state index in [2.05, 4.69) is 15.9 Å². The molecule has 0 fully saturated rings. The summed E-state index contributed by atoms with van der Waals surface area (Å²) in [5, 5.41) is 18.0. The van der Waals surface area contributed by atoms with Crippen molar-refractivity contribution in [2.75, 3.05) is 18.5 Å². The lowest BCUT2D eigenvalue weighted by atomic mass is 10.4. The topological polar surface area (TPSA) is 49.7 Å². The molecule has 62 valence electrons. The van der Waals surface area contributed by atoms with Gasteiger partial charge in [0.2, 0.25) is 0 Å². The summed E-state index contributed by atoms with van der Waals surface area (Å²) in [5.74, 6) is 0. The Hall–Kier alpha value is 0.360. The van der Waals surface area contributed by atoms with Gasteiger partial charge in [0.25, 0.3) is 0 Å². The summed E-state index contributed by atoms with van der Waals surface area (Å²) in [4.78, 5) is 0. The van der Waals surface area contributed by atoms with E-state index in [0.29, 0.717) is 5.33 Å². The van der Waals surface area contributed by atoms with Crippen LogP contribution in [0.4, 0.5) is 0 Å². The first-order valence-corrected chi connectivity index (χ1v) is 4.29. The van der Waals surface area contributed by atoms with Gasteiger partial charge in [-0.2, -0.15) is 0 Å². The van der Waals surface area contributed by atoms with Crippen LogP contribution in [0, 0.1) is 0 Å². The summed E-state index contributed by atoms with van der Waals surface area (Å²) >= 11 is 3.09. The fraction of sp³-hybridized carbons (Fsp3) is 1.00. The van der Waals surface area contributed by atoms with E-state index in [1.807, 2.05) is 0 Å². The van der Waals surface area contributed by atoms with Crippen LogP contribution in [0.3, 0.4) is 0 Å². The molecule has 10 heavy (non-hydrogen) atoms. The number of alkyl halides is 1. The third-order valence-corrected chi connectivity index (χ3v) is 1.76. The summed E-state index contributed by atoms with van der Waals surface area (Å²) in [6.45, 7) is 2.02. The van der Waals surface area contributed by atoms with Crippen molar-refractivity contribution in [1.29, 1.82) is 0 Å². The number of halogens is 1. The molecule has 4 heteroatoms. The Bertz CT molecular complexity index is 69.4. The zero-order valence-electron chi connectivity index (χ0n) is 5.96. The molecule has 0 rings (SSSR count). The minimum Gasteiger partial charge on any atom is -0.394 e. The maximum Gasteiger partial charge on any atom is 0.0870 e. The Morgan fingerprint density at radius 3 is 2.60 bits per heavy atom. The van der Waals surface area contributed by atoms with E-state index in [9.17, 15) is 0 Å². The minimum absolute atomic E-state index is 0.00495. The van der Waals surface area contributed by atoms with Gasteiger partial charge in [-0.05, 0) is 6.92 Å². The number of aliphatic hydroxyl groups excluding tert-OH is 2. The lowest BCUT2D eigenvalue weighted by molar-refractivity contribution is -0.0161. The molecule has 0 aromatic rings. The van der Waals surface area contributed by atoms with Crippen LogP contribution >= 0.6 is 15.9 Å². The van der Waals surface area contributed by atoms with Gasteiger partial charge < -0.3 is 14.9 Å². The van der Waals surface area contributed by atoms with Crippen LogP contribution in [-0.2, 0) is 4.74 Å². The molecule has 0 aromatic heterocycles. The average molecular weight is 213 g/mol. The van der Waals surface area contributed by atoms with Crippen LogP contribution in [0.2, 0.25) is 0 Å². The van der Waals surface area contributed by atoms with Gasteiger partial charge in [-0.25, -0.2) is 0 Å². The Kier molecular flexibility index (Phi) is 6.31. The van der Waals surface area contributed by atoms with Crippen LogP contribution < -0.4 is 0 Å². The molecular weight excluding hydrogens is 200 g/mol. The highest BCUT2D eigenvalue weighted by Crippen LogP contribution is 1.94. The van der Waals surface area contributed by atoms with Crippen molar-refractivity contribution in [2.24, 2.45) is 0 Å². The van der Waals surface area contributed by atoms with E-state index in [4.69, 9.17) is 14.9 Å². The quantitative estimate of drug-likeness (QED) is 0.638. The Morgan fingerprint density at radius 2 is 2.20 bits per heavy atom. The first-order valence-electron chi connectivity index (χ1n) is 3.17. The predicted octanol–water partition coefficient (Wildman–Crippen LogP) is 0.140. The van der Waals surface area contributed by atoms with E-state index < -0.39 is 6.10 Å². The highest BCUT2D eigenvalue weighted by Gasteiger charge is 2.04. The number of hydrogen-bond donors (Lipinski definition) is 2. The fourth-order valence-corrected chi connectivity index (χ4v) is 0.560. The second-order valence-electron chi connectivity index (χ2n) is 2.13. The molecule has 0 heterocycles. The molecule has 3 nitrogen and oxygen atoms in total. The molecule has 0 bridgehead atoms. The minimum atomic E-state index is -0.478. The van der Waals surface area contributed by atoms with Crippen molar-refractivity contribution in [3.63, 3.8) is 0 Å². The summed E-state index contributed by atoms with van der Waals surface area (Å²) < 4.78 is 5.01. The van der Waals surface area contributed by atoms with Crippen molar-refractivity contribution in [2.45, 2.75) is 19.1 Å². The standard InChI is InChI=1S/C6H13BrO3/c1-5(3-8)10-4-6(9)2-7/h5-6,8-9H,2-4H2,1H3. The lowest BCUT2D eigenvalue weighted by Gasteiger charge is -2.12. The molecule has 0 aliphatic rings. The van der Waals surface area contributed by atoms with Gasteiger partial charge in [-0.1, -0.05) is 15.9 Å². The molecule has 0 aliphatic heterocycles. The number of hydrogen-bond acceptors (Lipinski definition) is 3. The molecule has 2 N–H and O–H groups in total. The summed E-state index contributed by atoms with van der Waals surface area (Å²) in [7, 11) is 0. The second kappa shape index (κ2) is 6.09. The molecule has 0 spiro atoms. The SMILES string of the molecule is CC(CO)OCC(O)CBr. The van der Waals surface area contributed by atoms with Gasteiger partial charge in [-0.15, -0.1) is 0 Å². The molecule has 0 aliphatic carbocycles. The molecule has 0 amide bonds. The summed E-state index contributed by atoms with van der Waals surface area (Å²) in [5.41, 5.74) is 0. The van der Waals surface area contributed by atoms with E-state index in [1.54, 1.807) is 6.92 Å². The monoisotopic (exact) mass is 212 g/mol. The van der Waals surface area contributed by atoms with Crippen LogP contribution in [0.15, 0.2) is 0 Å². The molecule has 2 unspecified atom stereocenters. The van der Waals surface area contributed by atoms with Gasteiger partial charge in [0.1, 0.15) is 0 Å². The summed E-state index contributed by atoms with van der Waals surface area (Å²) in [6.07, 6.45) is -0.664. The van der Waals surface area contributed by atoms with Crippen molar-refractivity contribution < 1.29 is 14.9 Å². The Labute approximate surface area is 69.1 Å². The van der Waals surface area contributed by atoms with Gasteiger partial charge >= 0.3 is 0 Å². The number of ether oxygens (including phenoxy) is 1. The van der Waals surface area contributed by atoms with Crippen LogP contribution in [0.25, 0.3) is 0 Å². The highest BCUT2D eigenvalue weighted by molar-refractivity contribution is 9.09. The van der Waals surface area contributed by atoms with Crippen molar-refractivity contribution >= 4 is 15.9 Å². The first kappa shape index (κ1) is 10.4. The van der Waals surface area contributed by atoms with Crippen LogP contribution in [0.1, 0.15) is 6.92 Å². The largest absolute Gasteiger partial charge is 0.394 e. The second-order valence-corrected chi connectivity index (χ2v) is 2.78. The Balaban J connectivity index is 3.17. The third kappa shape index (κ3) is 5.17. The molecule has 0 saturated heterocycles. The average Bonchev–Trinajstić information content (AvgIpc) is 1.99. The maximum absolute atomic E-state index is 8.95. The molecule has 2 atom stereocenters. The molecular formula is C6H13BrO3. The molecule has 0 saturated carbocycles. The van der Waals surface area contributed by atoms with E-state index >= 15 is 0 Å². The zero-order valence-corrected chi connectivity index (χ0v) is 7.54. The third-order valence-electron chi connectivity index (χ3n) is 1.01. The number of aliphatic hydroxyl groups is 2. The van der Waals surface area contributed by atoms with Gasteiger partial charge in [0.15, 0.2) is 0 Å². The van der Waals surface area contributed by atoms with Crippen LogP contribution in [-0.4, -0.2) is 41.0 Å². The predicted molar refractivity (Wildman–Crippen MR) is 42.3 cm³/mol. The fourth-order valence-electron chi connectivity index (χ4n) is 0.373. The normalized spacial score (nSPS) is 16.8. The maximum atomic E-state index is 8.95. The van der Waals surface area contributed by atoms with Gasteiger partial charge in [0.05, 0.1) is 25.4 Å². The Morgan fingerprint density at radius 1 is 1.60 bits per heavy atom. The van der Waals surface area contributed by atoms with Crippen molar-refractivity contribution in [3.05, 3.63) is 0 Å². The van der Waals surface area contributed by atoms with Gasteiger partial charge in [-0.3, -0.25) is 0 Å². The summed E-state index contributed by atoms with van der Waals surface area (Å²) in [6, 6.07) is 0. The van der Waals surface area contributed by atoms with Crippen molar-refractivity contribution in [1.82, 2.24) is 0 Å². The lowest BCUT2D eigenvalue weighted by Crippen LogP contribution is -2.22. The zero-order chi connectivity index (χ0) is 7.98. The number of rotatable bonds is 5.